The molecule has 0 saturated carbocycles. The molecule has 0 heterocycles. The zero-order chi connectivity index (χ0) is 12.0. The SMILES string of the molecule is CC(C)N(CCCO)C(C)c1ccccc1. The first-order chi connectivity index (χ1) is 7.66. The summed E-state index contributed by atoms with van der Waals surface area (Å²) in [4.78, 5) is 2.42. The Labute approximate surface area is 98.9 Å². The molecule has 1 rings (SSSR count). The fourth-order valence-electron chi connectivity index (χ4n) is 2.08. The molecule has 1 N–H and O–H groups in total. The first-order valence-electron chi connectivity index (χ1n) is 6.08. The Morgan fingerprint density at radius 3 is 2.25 bits per heavy atom. The minimum Gasteiger partial charge on any atom is -0.396 e. The number of aliphatic hydroxyl groups is 1. The first kappa shape index (κ1) is 13.2. The normalized spacial score (nSPS) is 13.4. The maximum Gasteiger partial charge on any atom is 0.0443 e. The molecule has 90 valence electrons. The second-order valence-corrected chi connectivity index (χ2v) is 4.50. The van der Waals surface area contributed by atoms with Crippen molar-refractivity contribution in [3.05, 3.63) is 35.9 Å². The zero-order valence-electron chi connectivity index (χ0n) is 10.6. The predicted molar refractivity (Wildman–Crippen MR) is 68.4 cm³/mol. The summed E-state index contributed by atoms with van der Waals surface area (Å²) in [5.74, 6) is 0. The van der Waals surface area contributed by atoms with Crippen LogP contribution in [-0.4, -0.2) is 29.2 Å². The van der Waals surface area contributed by atoms with Crippen LogP contribution in [0.25, 0.3) is 0 Å². The monoisotopic (exact) mass is 221 g/mol. The van der Waals surface area contributed by atoms with E-state index in [9.17, 15) is 0 Å². The average molecular weight is 221 g/mol. The number of hydrogen-bond donors (Lipinski definition) is 1. The van der Waals surface area contributed by atoms with Crippen molar-refractivity contribution in [3.8, 4) is 0 Å². The van der Waals surface area contributed by atoms with Gasteiger partial charge in [0.15, 0.2) is 0 Å². The molecule has 1 unspecified atom stereocenters. The van der Waals surface area contributed by atoms with Gasteiger partial charge in [-0.2, -0.15) is 0 Å². The summed E-state index contributed by atoms with van der Waals surface area (Å²) in [6.07, 6.45) is 0.843. The molecule has 0 aliphatic rings. The lowest BCUT2D eigenvalue weighted by Gasteiger charge is -2.33. The van der Waals surface area contributed by atoms with Crippen LogP contribution in [-0.2, 0) is 0 Å². The highest BCUT2D eigenvalue weighted by Crippen LogP contribution is 2.22. The third-order valence-electron chi connectivity index (χ3n) is 3.02. The molecule has 1 aromatic rings. The van der Waals surface area contributed by atoms with Crippen molar-refractivity contribution in [1.82, 2.24) is 4.90 Å². The first-order valence-corrected chi connectivity index (χ1v) is 6.08. The fourth-order valence-corrected chi connectivity index (χ4v) is 2.08. The third-order valence-corrected chi connectivity index (χ3v) is 3.02. The summed E-state index contributed by atoms with van der Waals surface area (Å²) in [6, 6.07) is 11.4. The standard InChI is InChI=1S/C14H23NO/c1-12(2)15(10-7-11-16)13(3)14-8-5-4-6-9-14/h4-6,8-9,12-13,16H,7,10-11H2,1-3H3. The van der Waals surface area contributed by atoms with Crippen LogP contribution in [0.3, 0.4) is 0 Å². The van der Waals surface area contributed by atoms with E-state index in [-0.39, 0.29) is 6.61 Å². The number of nitrogens with zero attached hydrogens (tertiary/aromatic N) is 1. The smallest absolute Gasteiger partial charge is 0.0443 e. The molecular weight excluding hydrogens is 198 g/mol. The van der Waals surface area contributed by atoms with Crippen LogP contribution in [0.5, 0.6) is 0 Å². The molecule has 1 atom stereocenters. The van der Waals surface area contributed by atoms with E-state index in [1.54, 1.807) is 0 Å². The Balaban J connectivity index is 2.71. The number of aliphatic hydroxyl groups excluding tert-OH is 1. The van der Waals surface area contributed by atoms with E-state index < -0.39 is 0 Å². The molecule has 0 aliphatic heterocycles. The van der Waals surface area contributed by atoms with Crippen LogP contribution < -0.4 is 0 Å². The Kier molecular flexibility index (Phi) is 5.50. The van der Waals surface area contributed by atoms with Crippen molar-refractivity contribution in [2.45, 2.75) is 39.3 Å². The van der Waals surface area contributed by atoms with Crippen LogP contribution in [0.1, 0.15) is 38.8 Å². The van der Waals surface area contributed by atoms with Gasteiger partial charge in [0.25, 0.3) is 0 Å². The van der Waals surface area contributed by atoms with E-state index in [4.69, 9.17) is 5.11 Å². The second kappa shape index (κ2) is 6.66. The van der Waals surface area contributed by atoms with Crippen molar-refractivity contribution in [3.63, 3.8) is 0 Å². The van der Waals surface area contributed by atoms with E-state index in [2.05, 4.69) is 49.9 Å². The molecule has 2 nitrogen and oxygen atoms in total. The largest absolute Gasteiger partial charge is 0.396 e. The van der Waals surface area contributed by atoms with Gasteiger partial charge >= 0.3 is 0 Å². The van der Waals surface area contributed by atoms with Gasteiger partial charge in [0.2, 0.25) is 0 Å². The predicted octanol–water partition coefficient (Wildman–Crippen LogP) is 2.84. The van der Waals surface area contributed by atoms with E-state index in [0.29, 0.717) is 12.1 Å². The summed E-state index contributed by atoms with van der Waals surface area (Å²) in [5.41, 5.74) is 1.34. The van der Waals surface area contributed by atoms with Crippen LogP contribution >= 0.6 is 0 Å². The van der Waals surface area contributed by atoms with Crippen LogP contribution in [0.4, 0.5) is 0 Å². The van der Waals surface area contributed by atoms with Crippen molar-refractivity contribution in [2.75, 3.05) is 13.2 Å². The summed E-state index contributed by atoms with van der Waals surface area (Å²) in [7, 11) is 0. The molecule has 2 heteroatoms. The van der Waals surface area contributed by atoms with Gasteiger partial charge in [-0.25, -0.2) is 0 Å². The fraction of sp³-hybridized carbons (Fsp3) is 0.571. The minimum absolute atomic E-state index is 0.269. The van der Waals surface area contributed by atoms with Gasteiger partial charge in [0.05, 0.1) is 0 Å². The molecule has 0 aliphatic carbocycles. The van der Waals surface area contributed by atoms with Gasteiger partial charge in [-0.1, -0.05) is 30.3 Å². The van der Waals surface area contributed by atoms with Crippen molar-refractivity contribution in [1.29, 1.82) is 0 Å². The second-order valence-electron chi connectivity index (χ2n) is 4.50. The van der Waals surface area contributed by atoms with E-state index in [1.165, 1.54) is 5.56 Å². The van der Waals surface area contributed by atoms with Gasteiger partial charge < -0.3 is 5.11 Å². The van der Waals surface area contributed by atoms with Gasteiger partial charge in [-0.15, -0.1) is 0 Å². The van der Waals surface area contributed by atoms with Crippen molar-refractivity contribution in [2.24, 2.45) is 0 Å². The lowest BCUT2D eigenvalue weighted by atomic mass is 10.1. The zero-order valence-corrected chi connectivity index (χ0v) is 10.6. The van der Waals surface area contributed by atoms with E-state index >= 15 is 0 Å². The van der Waals surface area contributed by atoms with Gasteiger partial charge in [-0.05, 0) is 32.8 Å². The number of hydrogen-bond acceptors (Lipinski definition) is 2. The van der Waals surface area contributed by atoms with Gasteiger partial charge in [-0.3, -0.25) is 4.90 Å². The number of rotatable bonds is 6. The maximum absolute atomic E-state index is 8.92. The molecule has 1 aromatic carbocycles. The molecule has 0 fully saturated rings. The molecule has 0 saturated heterocycles. The van der Waals surface area contributed by atoms with Crippen molar-refractivity contribution < 1.29 is 5.11 Å². The Morgan fingerprint density at radius 2 is 1.75 bits per heavy atom. The molecule has 0 aromatic heterocycles. The molecule has 0 spiro atoms. The van der Waals surface area contributed by atoms with Crippen LogP contribution in [0, 0.1) is 0 Å². The third kappa shape index (κ3) is 3.62. The van der Waals surface area contributed by atoms with Crippen LogP contribution in [0.2, 0.25) is 0 Å². The summed E-state index contributed by atoms with van der Waals surface area (Å²) >= 11 is 0. The van der Waals surface area contributed by atoms with Crippen molar-refractivity contribution >= 4 is 0 Å². The minimum atomic E-state index is 0.269. The highest BCUT2D eigenvalue weighted by molar-refractivity contribution is 5.18. The maximum atomic E-state index is 8.92. The Hall–Kier alpha value is -0.860. The van der Waals surface area contributed by atoms with Crippen LogP contribution in [0.15, 0.2) is 30.3 Å². The highest BCUT2D eigenvalue weighted by atomic mass is 16.3. The lowest BCUT2D eigenvalue weighted by molar-refractivity contribution is 0.147. The summed E-state index contributed by atoms with van der Waals surface area (Å²) in [5, 5.41) is 8.92. The van der Waals surface area contributed by atoms with Gasteiger partial charge in [0.1, 0.15) is 0 Å². The molecule has 0 radical (unpaired) electrons. The quantitative estimate of drug-likeness (QED) is 0.798. The van der Waals surface area contributed by atoms with E-state index in [1.807, 2.05) is 6.07 Å². The molecule has 16 heavy (non-hydrogen) atoms. The summed E-state index contributed by atoms with van der Waals surface area (Å²) in [6.45, 7) is 7.86. The number of benzene rings is 1. The lowest BCUT2D eigenvalue weighted by Crippen LogP contribution is -2.34. The molecular formula is C14H23NO. The highest BCUT2D eigenvalue weighted by Gasteiger charge is 2.17. The molecule has 0 amide bonds. The van der Waals surface area contributed by atoms with Gasteiger partial charge in [0, 0.05) is 25.2 Å². The average Bonchev–Trinajstić information content (AvgIpc) is 2.30. The van der Waals surface area contributed by atoms with E-state index in [0.717, 1.165) is 13.0 Å². The summed E-state index contributed by atoms with van der Waals surface area (Å²) < 4.78 is 0. The topological polar surface area (TPSA) is 23.5 Å². The Bertz CT molecular complexity index is 284. The Morgan fingerprint density at radius 1 is 1.12 bits per heavy atom. The molecule has 0 bridgehead atoms.